The maximum atomic E-state index is 5.77. The number of nitrogens with zero attached hydrogens (tertiary/aromatic N) is 2. The standard InChI is InChI=1S/C12H12BrN3O/c1-8(9-2-4-15-5-3-9)17-11-6-10(13)7-16-12(11)14/h2-8H,1H3,(H2,14,16)/t8-/m0/s1. The van der Waals surface area contributed by atoms with Crippen molar-refractivity contribution in [3.05, 3.63) is 46.8 Å². The zero-order valence-corrected chi connectivity index (χ0v) is 10.9. The smallest absolute Gasteiger partial charge is 0.166 e. The first kappa shape index (κ1) is 11.9. The van der Waals surface area contributed by atoms with Crippen molar-refractivity contribution in [2.24, 2.45) is 0 Å². The average Bonchev–Trinajstić information content (AvgIpc) is 2.35. The van der Waals surface area contributed by atoms with E-state index < -0.39 is 0 Å². The third kappa shape index (κ3) is 2.94. The molecule has 2 N–H and O–H groups in total. The largest absolute Gasteiger partial charge is 0.482 e. The molecule has 0 aliphatic heterocycles. The number of pyridine rings is 2. The van der Waals surface area contributed by atoms with Crippen molar-refractivity contribution in [1.82, 2.24) is 9.97 Å². The molecule has 88 valence electrons. The topological polar surface area (TPSA) is 61.0 Å². The summed E-state index contributed by atoms with van der Waals surface area (Å²) < 4.78 is 6.60. The summed E-state index contributed by atoms with van der Waals surface area (Å²) in [6, 6.07) is 5.62. The molecular formula is C12H12BrN3O. The molecule has 0 saturated heterocycles. The van der Waals surface area contributed by atoms with Crippen molar-refractivity contribution >= 4 is 21.7 Å². The molecule has 0 unspecified atom stereocenters. The van der Waals surface area contributed by atoms with E-state index in [9.17, 15) is 0 Å². The lowest BCUT2D eigenvalue weighted by atomic mass is 10.2. The second-order valence-corrected chi connectivity index (χ2v) is 4.49. The van der Waals surface area contributed by atoms with Gasteiger partial charge in [-0.3, -0.25) is 4.98 Å². The van der Waals surface area contributed by atoms with E-state index in [1.54, 1.807) is 24.7 Å². The molecule has 2 aromatic rings. The third-order valence-corrected chi connectivity index (χ3v) is 2.76. The van der Waals surface area contributed by atoms with Gasteiger partial charge in [0.25, 0.3) is 0 Å². The number of aromatic nitrogens is 2. The highest BCUT2D eigenvalue weighted by atomic mass is 79.9. The van der Waals surface area contributed by atoms with Crippen molar-refractivity contribution in [3.63, 3.8) is 0 Å². The number of anilines is 1. The van der Waals surface area contributed by atoms with Crippen LogP contribution in [0.15, 0.2) is 41.3 Å². The number of nitrogens with two attached hydrogens (primary N) is 1. The van der Waals surface area contributed by atoms with E-state index in [-0.39, 0.29) is 6.10 Å². The highest BCUT2D eigenvalue weighted by Gasteiger charge is 2.10. The molecule has 17 heavy (non-hydrogen) atoms. The lowest BCUT2D eigenvalue weighted by Gasteiger charge is -2.15. The van der Waals surface area contributed by atoms with Crippen molar-refractivity contribution in [1.29, 1.82) is 0 Å². The van der Waals surface area contributed by atoms with E-state index in [0.717, 1.165) is 10.0 Å². The van der Waals surface area contributed by atoms with Gasteiger partial charge >= 0.3 is 0 Å². The van der Waals surface area contributed by atoms with Crippen molar-refractivity contribution in [2.45, 2.75) is 13.0 Å². The molecule has 0 saturated carbocycles. The molecule has 0 aliphatic rings. The molecule has 0 bridgehead atoms. The van der Waals surface area contributed by atoms with Crippen LogP contribution in [0.1, 0.15) is 18.6 Å². The summed E-state index contributed by atoms with van der Waals surface area (Å²) in [5.74, 6) is 0.956. The van der Waals surface area contributed by atoms with Gasteiger partial charge in [-0.05, 0) is 46.6 Å². The van der Waals surface area contributed by atoms with Gasteiger partial charge in [-0.2, -0.15) is 0 Å². The minimum atomic E-state index is -0.101. The Bertz CT molecular complexity index is 504. The first-order valence-electron chi connectivity index (χ1n) is 5.14. The fourth-order valence-corrected chi connectivity index (χ4v) is 1.73. The summed E-state index contributed by atoms with van der Waals surface area (Å²) in [4.78, 5) is 7.99. The fraction of sp³-hybridized carbons (Fsp3) is 0.167. The lowest BCUT2D eigenvalue weighted by Crippen LogP contribution is -2.05. The Labute approximate surface area is 108 Å². The van der Waals surface area contributed by atoms with Gasteiger partial charge in [0.05, 0.1) is 0 Å². The van der Waals surface area contributed by atoms with Gasteiger partial charge in [0.2, 0.25) is 0 Å². The molecule has 1 atom stereocenters. The number of ether oxygens (including phenoxy) is 1. The highest BCUT2D eigenvalue weighted by molar-refractivity contribution is 9.10. The number of hydrogen-bond acceptors (Lipinski definition) is 4. The molecule has 0 amide bonds. The average molecular weight is 294 g/mol. The maximum Gasteiger partial charge on any atom is 0.166 e. The summed E-state index contributed by atoms with van der Waals surface area (Å²) in [5.41, 5.74) is 6.79. The van der Waals surface area contributed by atoms with Gasteiger partial charge in [-0.25, -0.2) is 4.98 Å². The van der Waals surface area contributed by atoms with Crippen LogP contribution < -0.4 is 10.5 Å². The Hall–Kier alpha value is -1.62. The second kappa shape index (κ2) is 5.14. The predicted molar refractivity (Wildman–Crippen MR) is 69.6 cm³/mol. The number of rotatable bonds is 3. The molecule has 0 aromatic carbocycles. The molecule has 2 aromatic heterocycles. The quantitative estimate of drug-likeness (QED) is 0.945. The molecule has 2 rings (SSSR count). The number of hydrogen-bond donors (Lipinski definition) is 1. The molecule has 0 radical (unpaired) electrons. The van der Waals surface area contributed by atoms with E-state index in [0.29, 0.717) is 11.6 Å². The summed E-state index contributed by atoms with van der Waals surface area (Å²) in [6.07, 6.45) is 5.01. The molecule has 2 heterocycles. The Morgan fingerprint density at radius 1 is 1.35 bits per heavy atom. The Morgan fingerprint density at radius 2 is 2.06 bits per heavy atom. The maximum absolute atomic E-state index is 5.77. The summed E-state index contributed by atoms with van der Waals surface area (Å²) >= 11 is 3.33. The van der Waals surface area contributed by atoms with E-state index in [1.165, 1.54) is 0 Å². The van der Waals surface area contributed by atoms with Crippen LogP contribution in [0.2, 0.25) is 0 Å². The number of nitrogen functional groups attached to an aromatic ring is 1. The molecule has 4 nitrogen and oxygen atoms in total. The lowest BCUT2D eigenvalue weighted by molar-refractivity contribution is 0.227. The Morgan fingerprint density at radius 3 is 2.76 bits per heavy atom. The molecule has 0 fully saturated rings. The first-order valence-corrected chi connectivity index (χ1v) is 5.93. The monoisotopic (exact) mass is 293 g/mol. The van der Waals surface area contributed by atoms with E-state index >= 15 is 0 Å². The Balaban J connectivity index is 2.18. The molecule has 0 spiro atoms. The van der Waals surface area contributed by atoms with Crippen molar-refractivity contribution < 1.29 is 4.74 Å². The highest BCUT2D eigenvalue weighted by Crippen LogP contribution is 2.27. The van der Waals surface area contributed by atoms with Gasteiger partial charge in [0.1, 0.15) is 6.10 Å². The van der Waals surface area contributed by atoms with Gasteiger partial charge < -0.3 is 10.5 Å². The molecular weight excluding hydrogens is 282 g/mol. The molecule has 5 heteroatoms. The van der Waals surface area contributed by atoms with Crippen LogP contribution in [0.3, 0.4) is 0 Å². The zero-order valence-electron chi connectivity index (χ0n) is 9.30. The van der Waals surface area contributed by atoms with Crippen LogP contribution in [0.5, 0.6) is 5.75 Å². The van der Waals surface area contributed by atoms with Crippen LogP contribution in [-0.2, 0) is 0 Å². The van der Waals surface area contributed by atoms with E-state index in [1.807, 2.05) is 19.1 Å². The minimum Gasteiger partial charge on any atom is -0.482 e. The van der Waals surface area contributed by atoms with Crippen LogP contribution >= 0.6 is 15.9 Å². The summed E-state index contributed by atoms with van der Waals surface area (Å²) in [6.45, 7) is 1.95. The van der Waals surface area contributed by atoms with Crippen LogP contribution in [-0.4, -0.2) is 9.97 Å². The van der Waals surface area contributed by atoms with Crippen LogP contribution in [0, 0.1) is 0 Å². The summed E-state index contributed by atoms with van der Waals surface area (Å²) in [7, 11) is 0. The van der Waals surface area contributed by atoms with Crippen LogP contribution in [0.25, 0.3) is 0 Å². The zero-order chi connectivity index (χ0) is 12.3. The van der Waals surface area contributed by atoms with Crippen LogP contribution in [0.4, 0.5) is 5.82 Å². The van der Waals surface area contributed by atoms with Gasteiger partial charge in [-0.15, -0.1) is 0 Å². The second-order valence-electron chi connectivity index (χ2n) is 3.58. The van der Waals surface area contributed by atoms with E-state index in [2.05, 4.69) is 25.9 Å². The van der Waals surface area contributed by atoms with Gasteiger partial charge in [0.15, 0.2) is 11.6 Å². The molecule has 0 aliphatic carbocycles. The Kier molecular flexibility index (Phi) is 3.58. The SMILES string of the molecule is C[C@H](Oc1cc(Br)cnc1N)c1ccncc1. The van der Waals surface area contributed by atoms with Crippen molar-refractivity contribution in [2.75, 3.05) is 5.73 Å². The van der Waals surface area contributed by atoms with Crippen molar-refractivity contribution in [3.8, 4) is 5.75 Å². The summed E-state index contributed by atoms with van der Waals surface area (Å²) in [5, 5.41) is 0. The third-order valence-electron chi connectivity index (χ3n) is 2.33. The predicted octanol–water partition coefficient (Wildman–Crippen LogP) is 2.96. The minimum absolute atomic E-state index is 0.101. The van der Waals surface area contributed by atoms with Gasteiger partial charge in [0, 0.05) is 23.1 Å². The van der Waals surface area contributed by atoms with Gasteiger partial charge in [-0.1, -0.05) is 0 Å². The normalized spacial score (nSPS) is 12.1. The van der Waals surface area contributed by atoms with E-state index in [4.69, 9.17) is 10.5 Å². The number of halogens is 1. The first-order chi connectivity index (χ1) is 8.16. The fourth-order valence-electron chi connectivity index (χ4n) is 1.42.